The lowest BCUT2D eigenvalue weighted by molar-refractivity contribution is -0.144. The van der Waals surface area contributed by atoms with Crippen molar-refractivity contribution in [1.82, 2.24) is 0 Å². The van der Waals surface area contributed by atoms with E-state index in [1.54, 1.807) is 13.8 Å². The van der Waals surface area contributed by atoms with E-state index in [-0.39, 0.29) is 6.73 Å². The summed E-state index contributed by atoms with van der Waals surface area (Å²) in [7, 11) is 0. The Balaban J connectivity index is 4.50. The van der Waals surface area contributed by atoms with E-state index >= 15 is 0 Å². The van der Waals surface area contributed by atoms with Crippen molar-refractivity contribution in [2.45, 2.75) is 39.5 Å². The van der Waals surface area contributed by atoms with Crippen LogP contribution in [0.15, 0.2) is 0 Å². The van der Waals surface area contributed by atoms with Gasteiger partial charge in [-0.25, -0.2) is 0 Å². The monoisotopic (exact) mass is 176 g/mol. The molecule has 0 amide bonds. The number of ether oxygens (including phenoxy) is 1. The lowest BCUT2D eigenvalue weighted by Crippen LogP contribution is -2.57. The Morgan fingerprint density at radius 3 is 2.08 bits per heavy atom. The average Bonchev–Trinajstić information content (AvgIpc) is 1.86. The van der Waals surface area contributed by atoms with Gasteiger partial charge in [0.1, 0.15) is 5.72 Å². The lowest BCUT2D eigenvalue weighted by atomic mass is 9.78. The average molecular weight is 176 g/mol. The van der Waals surface area contributed by atoms with E-state index in [2.05, 4.69) is 0 Å². The minimum atomic E-state index is -0.907. The second-order valence-electron chi connectivity index (χ2n) is 3.82. The molecule has 4 nitrogen and oxygen atoms in total. The van der Waals surface area contributed by atoms with E-state index in [0.29, 0.717) is 0 Å². The van der Waals surface area contributed by atoms with Gasteiger partial charge in [0.05, 0.1) is 12.8 Å². The van der Waals surface area contributed by atoms with Crippen molar-refractivity contribution in [2.24, 2.45) is 16.9 Å². The fourth-order valence-corrected chi connectivity index (χ4v) is 0.774. The van der Waals surface area contributed by atoms with Crippen LogP contribution in [0.25, 0.3) is 0 Å². The first-order valence-corrected chi connectivity index (χ1v) is 4.06. The number of aliphatic hydroxyl groups excluding tert-OH is 1. The molecule has 0 aromatic heterocycles. The second-order valence-corrected chi connectivity index (χ2v) is 3.82. The third-order valence-electron chi connectivity index (χ3n) is 2.71. The molecule has 74 valence electrons. The summed E-state index contributed by atoms with van der Waals surface area (Å²) in [6.07, 6.45) is -0.543. The number of rotatable bonds is 4. The molecular formula is C8H20N2O2. The summed E-state index contributed by atoms with van der Waals surface area (Å²) in [5, 5.41) is 9.44. The van der Waals surface area contributed by atoms with E-state index < -0.39 is 17.2 Å². The van der Waals surface area contributed by atoms with E-state index in [4.69, 9.17) is 16.2 Å². The van der Waals surface area contributed by atoms with Gasteiger partial charge in [0.2, 0.25) is 0 Å². The molecule has 0 aliphatic carbocycles. The summed E-state index contributed by atoms with van der Waals surface area (Å²) in [5.74, 6) is 0. The molecule has 0 saturated carbocycles. The van der Waals surface area contributed by atoms with Crippen LogP contribution in [0.2, 0.25) is 0 Å². The zero-order valence-corrected chi connectivity index (χ0v) is 8.29. The Bertz CT molecular complexity index is 144. The van der Waals surface area contributed by atoms with Gasteiger partial charge in [-0.3, -0.25) is 0 Å². The number of hydrogen-bond donors (Lipinski definition) is 3. The number of nitrogens with two attached hydrogens (primary N) is 2. The maximum absolute atomic E-state index is 9.44. The van der Waals surface area contributed by atoms with Gasteiger partial charge < -0.3 is 21.3 Å². The Morgan fingerprint density at radius 2 is 1.83 bits per heavy atom. The summed E-state index contributed by atoms with van der Waals surface area (Å²) in [6.45, 7) is 7.14. The highest BCUT2D eigenvalue weighted by molar-refractivity contribution is 4.90. The van der Waals surface area contributed by atoms with Crippen molar-refractivity contribution in [3.8, 4) is 0 Å². The zero-order valence-electron chi connectivity index (χ0n) is 8.29. The molecule has 2 unspecified atom stereocenters. The Hall–Kier alpha value is -0.160. The van der Waals surface area contributed by atoms with Crippen molar-refractivity contribution < 1.29 is 9.84 Å². The quantitative estimate of drug-likeness (QED) is 0.527. The topological polar surface area (TPSA) is 81.5 Å². The van der Waals surface area contributed by atoms with Crippen LogP contribution in [0.5, 0.6) is 0 Å². The van der Waals surface area contributed by atoms with Gasteiger partial charge in [0.25, 0.3) is 0 Å². The largest absolute Gasteiger partial charge is 0.393 e. The third kappa shape index (κ3) is 2.17. The minimum absolute atomic E-state index is 0.0587. The second kappa shape index (κ2) is 3.70. The summed E-state index contributed by atoms with van der Waals surface area (Å²) >= 11 is 0. The Kier molecular flexibility index (Phi) is 3.65. The maximum Gasteiger partial charge on any atom is 0.123 e. The van der Waals surface area contributed by atoms with Gasteiger partial charge in [-0.1, -0.05) is 13.8 Å². The fourth-order valence-electron chi connectivity index (χ4n) is 0.774. The van der Waals surface area contributed by atoms with Crippen LogP contribution in [0.4, 0.5) is 0 Å². The van der Waals surface area contributed by atoms with Crippen LogP contribution >= 0.6 is 0 Å². The maximum atomic E-state index is 9.44. The molecule has 0 fully saturated rings. The highest BCUT2D eigenvalue weighted by atomic mass is 16.5. The summed E-state index contributed by atoms with van der Waals surface area (Å²) in [5.41, 5.74) is 9.64. The number of aliphatic hydroxyl groups is 1. The molecule has 0 aliphatic heterocycles. The smallest absolute Gasteiger partial charge is 0.123 e. The molecular weight excluding hydrogens is 156 g/mol. The number of hydrogen-bond acceptors (Lipinski definition) is 4. The van der Waals surface area contributed by atoms with E-state index in [9.17, 15) is 5.11 Å². The van der Waals surface area contributed by atoms with E-state index in [0.717, 1.165) is 0 Å². The van der Waals surface area contributed by atoms with Gasteiger partial charge in [-0.05, 0) is 13.8 Å². The predicted molar refractivity (Wildman–Crippen MR) is 48.2 cm³/mol. The van der Waals surface area contributed by atoms with Crippen LogP contribution in [0.3, 0.4) is 0 Å². The SMILES string of the molecule is CC(O)C(C)(C)C(C)(N)OCN. The lowest BCUT2D eigenvalue weighted by Gasteiger charge is -2.42. The molecule has 0 rings (SSSR count). The molecule has 0 heterocycles. The van der Waals surface area contributed by atoms with Crippen LogP contribution < -0.4 is 11.5 Å². The molecule has 4 heteroatoms. The van der Waals surface area contributed by atoms with Gasteiger partial charge in [-0.15, -0.1) is 0 Å². The zero-order chi connectivity index (χ0) is 9.99. The summed E-state index contributed by atoms with van der Waals surface area (Å²) in [4.78, 5) is 0. The Morgan fingerprint density at radius 1 is 1.42 bits per heavy atom. The van der Waals surface area contributed by atoms with Crippen molar-refractivity contribution in [3.63, 3.8) is 0 Å². The van der Waals surface area contributed by atoms with Crippen LogP contribution in [-0.4, -0.2) is 23.7 Å². The minimum Gasteiger partial charge on any atom is -0.393 e. The van der Waals surface area contributed by atoms with Gasteiger partial charge in [0, 0.05) is 5.41 Å². The highest BCUT2D eigenvalue weighted by Gasteiger charge is 2.42. The molecule has 0 radical (unpaired) electrons. The van der Waals surface area contributed by atoms with Crippen molar-refractivity contribution in [1.29, 1.82) is 0 Å². The standard InChI is InChI=1S/C8H20N2O2/c1-6(11)7(2,3)8(4,10)12-5-9/h6,11H,5,9-10H2,1-4H3. The highest BCUT2D eigenvalue weighted by Crippen LogP contribution is 2.32. The molecule has 0 aliphatic rings. The fraction of sp³-hybridized carbons (Fsp3) is 1.00. The third-order valence-corrected chi connectivity index (χ3v) is 2.71. The molecule has 12 heavy (non-hydrogen) atoms. The molecule has 0 spiro atoms. The van der Waals surface area contributed by atoms with Crippen LogP contribution in [0.1, 0.15) is 27.7 Å². The first kappa shape index (κ1) is 11.8. The molecule has 2 atom stereocenters. The molecule has 0 saturated heterocycles. The van der Waals surface area contributed by atoms with Gasteiger partial charge >= 0.3 is 0 Å². The van der Waals surface area contributed by atoms with Gasteiger partial charge in [-0.2, -0.15) is 0 Å². The predicted octanol–water partition coefficient (Wildman–Crippen LogP) is 0.00110. The summed E-state index contributed by atoms with van der Waals surface area (Å²) < 4.78 is 5.15. The van der Waals surface area contributed by atoms with E-state index in [1.165, 1.54) is 0 Å². The molecule has 5 N–H and O–H groups in total. The first-order chi connectivity index (χ1) is 5.25. The van der Waals surface area contributed by atoms with Crippen LogP contribution in [0, 0.1) is 5.41 Å². The normalized spacial score (nSPS) is 20.2. The van der Waals surface area contributed by atoms with Gasteiger partial charge in [0.15, 0.2) is 0 Å². The van der Waals surface area contributed by atoms with Crippen molar-refractivity contribution in [3.05, 3.63) is 0 Å². The first-order valence-electron chi connectivity index (χ1n) is 4.06. The van der Waals surface area contributed by atoms with Crippen molar-refractivity contribution >= 4 is 0 Å². The van der Waals surface area contributed by atoms with Crippen LogP contribution in [-0.2, 0) is 4.74 Å². The molecule has 0 bridgehead atoms. The van der Waals surface area contributed by atoms with E-state index in [1.807, 2.05) is 13.8 Å². The molecule has 0 aromatic rings. The Labute approximate surface area is 73.9 Å². The molecule has 0 aromatic carbocycles. The summed E-state index contributed by atoms with van der Waals surface area (Å²) in [6, 6.07) is 0. The van der Waals surface area contributed by atoms with Crippen molar-refractivity contribution in [2.75, 3.05) is 6.73 Å².